The Hall–Kier alpha value is -4.00. The number of Topliss-reactive ketones (excluding diaryl/α,β-unsaturated/α-hetero) is 1. The zero-order valence-corrected chi connectivity index (χ0v) is 15.4. The molecule has 0 saturated heterocycles. The summed E-state index contributed by atoms with van der Waals surface area (Å²) < 4.78 is 0. The molecule has 0 spiro atoms. The number of hydrogen-bond donors (Lipinski definition) is 1. The van der Waals surface area contributed by atoms with Gasteiger partial charge in [0.05, 0.1) is 22.6 Å². The molecule has 2 aromatic carbocycles. The van der Waals surface area contributed by atoms with Gasteiger partial charge in [-0.1, -0.05) is 30.3 Å². The Kier molecular flexibility index (Phi) is 4.78. The van der Waals surface area contributed by atoms with E-state index in [2.05, 4.69) is 4.98 Å². The van der Waals surface area contributed by atoms with Crippen molar-refractivity contribution in [3.05, 3.63) is 99.7 Å². The summed E-state index contributed by atoms with van der Waals surface area (Å²) in [5.41, 5.74) is 2.25. The summed E-state index contributed by atoms with van der Waals surface area (Å²) in [6.07, 6.45) is 1.68. The fourth-order valence-electron chi connectivity index (χ4n) is 3.34. The third kappa shape index (κ3) is 3.58. The van der Waals surface area contributed by atoms with Gasteiger partial charge in [-0.15, -0.1) is 0 Å². The van der Waals surface area contributed by atoms with Crippen molar-refractivity contribution in [1.82, 2.24) is 4.98 Å². The number of nitro benzene ring substituents is 1. The minimum atomic E-state index is -0.483. The van der Waals surface area contributed by atoms with Crippen LogP contribution < -0.4 is 4.90 Å². The van der Waals surface area contributed by atoms with Crippen LogP contribution in [-0.2, 0) is 11.2 Å². The summed E-state index contributed by atoms with van der Waals surface area (Å²) >= 11 is 0. The zero-order valence-electron chi connectivity index (χ0n) is 15.4. The van der Waals surface area contributed by atoms with Gasteiger partial charge in [0.25, 0.3) is 5.69 Å². The van der Waals surface area contributed by atoms with Gasteiger partial charge in [-0.3, -0.25) is 14.9 Å². The number of nitro groups is 1. The van der Waals surface area contributed by atoms with Crippen LogP contribution in [-0.4, -0.2) is 27.3 Å². The Morgan fingerprint density at radius 1 is 1.07 bits per heavy atom. The van der Waals surface area contributed by atoms with Gasteiger partial charge in [-0.2, -0.15) is 0 Å². The molecule has 0 unspecified atom stereocenters. The highest BCUT2D eigenvalue weighted by Crippen LogP contribution is 2.36. The van der Waals surface area contributed by atoms with E-state index in [1.165, 1.54) is 12.1 Å². The molecule has 1 aliphatic rings. The first-order valence-electron chi connectivity index (χ1n) is 9.01. The Labute approximate surface area is 166 Å². The number of nitrogens with zero attached hydrogens (tertiary/aromatic N) is 3. The summed E-state index contributed by atoms with van der Waals surface area (Å²) in [5.74, 6) is 0.266. The molecule has 0 fully saturated rings. The molecule has 1 N–H and O–H groups in total. The maximum atomic E-state index is 13.0. The third-order valence-corrected chi connectivity index (χ3v) is 4.82. The summed E-state index contributed by atoms with van der Waals surface area (Å²) in [5, 5.41) is 21.6. The van der Waals surface area contributed by atoms with Crippen LogP contribution in [0.1, 0.15) is 11.1 Å². The Morgan fingerprint density at radius 2 is 1.79 bits per heavy atom. The number of para-hydroxylation sites is 1. The molecule has 0 saturated carbocycles. The minimum Gasteiger partial charge on any atom is -0.507 e. The number of carbonyl (C=O) groups is 1. The van der Waals surface area contributed by atoms with E-state index in [0.29, 0.717) is 16.9 Å². The second-order valence-corrected chi connectivity index (χ2v) is 6.65. The zero-order chi connectivity index (χ0) is 20.4. The largest absolute Gasteiger partial charge is 0.507 e. The Morgan fingerprint density at radius 3 is 2.48 bits per heavy atom. The summed E-state index contributed by atoms with van der Waals surface area (Å²) in [6.45, 7) is 0.186. The van der Waals surface area contributed by atoms with Crippen molar-refractivity contribution in [3.63, 3.8) is 0 Å². The smallest absolute Gasteiger partial charge is 0.269 e. The molecule has 144 valence electrons. The number of hydrogen-bond acceptors (Lipinski definition) is 6. The van der Waals surface area contributed by atoms with Crippen molar-refractivity contribution in [1.29, 1.82) is 0 Å². The van der Waals surface area contributed by atoms with E-state index in [-0.39, 0.29) is 35.8 Å². The fourth-order valence-corrected chi connectivity index (χ4v) is 3.34. The molecule has 2 heterocycles. The highest BCUT2D eigenvalue weighted by atomic mass is 16.6. The van der Waals surface area contributed by atoms with Crippen LogP contribution in [0.25, 0.3) is 5.76 Å². The van der Waals surface area contributed by atoms with Crippen molar-refractivity contribution in [2.45, 2.75) is 6.42 Å². The molecule has 0 amide bonds. The first kappa shape index (κ1) is 18.4. The first-order chi connectivity index (χ1) is 14.0. The Balaban J connectivity index is 1.67. The topological polar surface area (TPSA) is 96.6 Å². The van der Waals surface area contributed by atoms with Crippen LogP contribution >= 0.6 is 0 Å². The van der Waals surface area contributed by atoms with Gasteiger partial charge in [-0.05, 0) is 29.8 Å². The van der Waals surface area contributed by atoms with E-state index in [1.807, 2.05) is 35.2 Å². The van der Waals surface area contributed by atoms with Crippen LogP contribution in [0, 0.1) is 10.1 Å². The number of pyridine rings is 1. The number of ketones is 1. The van der Waals surface area contributed by atoms with Crippen molar-refractivity contribution in [2.24, 2.45) is 0 Å². The number of aliphatic hydroxyl groups excluding tert-OH is 1. The number of carbonyl (C=O) groups excluding carboxylic acids is 1. The quantitative estimate of drug-likeness (QED) is 0.520. The van der Waals surface area contributed by atoms with Crippen LogP contribution in [0.2, 0.25) is 0 Å². The third-order valence-electron chi connectivity index (χ3n) is 4.82. The lowest BCUT2D eigenvalue weighted by atomic mass is 9.96. The average molecular weight is 387 g/mol. The van der Waals surface area contributed by atoms with E-state index < -0.39 is 4.92 Å². The van der Waals surface area contributed by atoms with Gasteiger partial charge >= 0.3 is 0 Å². The van der Waals surface area contributed by atoms with E-state index in [9.17, 15) is 20.0 Å². The minimum absolute atomic E-state index is 0.0313. The number of benzene rings is 2. The van der Waals surface area contributed by atoms with Crippen LogP contribution in [0.5, 0.6) is 0 Å². The molecule has 7 heteroatoms. The molecule has 7 nitrogen and oxygen atoms in total. The Bertz CT molecular complexity index is 1110. The van der Waals surface area contributed by atoms with E-state index >= 15 is 0 Å². The van der Waals surface area contributed by atoms with Gasteiger partial charge in [0, 0.05) is 30.4 Å². The highest BCUT2D eigenvalue weighted by Gasteiger charge is 2.29. The molecule has 29 heavy (non-hydrogen) atoms. The molecule has 1 aromatic heterocycles. The predicted octanol–water partition coefficient (Wildman–Crippen LogP) is 4.22. The van der Waals surface area contributed by atoms with Gasteiger partial charge in [-0.25, -0.2) is 4.98 Å². The number of non-ortho nitro benzene ring substituents is 1. The SMILES string of the molecule is O=C(Cc1ccc([N+](=O)[O-])cc1)C1=C(O)c2cccnc2N(c2ccccc2)C1. The van der Waals surface area contributed by atoms with Crippen molar-refractivity contribution in [2.75, 3.05) is 11.4 Å². The molecule has 0 atom stereocenters. The highest BCUT2D eigenvalue weighted by molar-refractivity contribution is 6.05. The summed E-state index contributed by atoms with van der Waals surface area (Å²) in [6, 6.07) is 18.8. The molecular formula is C22H17N3O4. The van der Waals surface area contributed by atoms with E-state index in [1.54, 1.807) is 30.5 Å². The van der Waals surface area contributed by atoms with Crippen molar-refractivity contribution < 1.29 is 14.8 Å². The second-order valence-electron chi connectivity index (χ2n) is 6.65. The molecule has 4 rings (SSSR count). The molecule has 0 bridgehead atoms. The number of fused-ring (bicyclic) bond motifs is 1. The summed E-state index contributed by atoms with van der Waals surface area (Å²) in [4.78, 5) is 29.6. The monoisotopic (exact) mass is 387 g/mol. The lowest BCUT2D eigenvalue weighted by Crippen LogP contribution is -2.30. The van der Waals surface area contributed by atoms with Crippen LogP contribution in [0.15, 0.2) is 78.5 Å². The lowest BCUT2D eigenvalue weighted by molar-refractivity contribution is -0.384. The number of aromatic nitrogens is 1. The van der Waals surface area contributed by atoms with Gasteiger partial charge in [0.1, 0.15) is 11.6 Å². The number of rotatable bonds is 5. The van der Waals surface area contributed by atoms with Crippen molar-refractivity contribution in [3.8, 4) is 0 Å². The van der Waals surface area contributed by atoms with Gasteiger partial charge in [0.2, 0.25) is 0 Å². The first-order valence-corrected chi connectivity index (χ1v) is 9.01. The lowest BCUT2D eigenvalue weighted by Gasteiger charge is -2.31. The molecule has 3 aromatic rings. The molecule has 1 aliphatic heterocycles. The van der Waals surface area contributed by atoms with Gasteiger partial charge < -0.3 is 10.0 Å². The molecular weight excluding hydrogens is 370 g/mol. The summed E-state index contributed by atoms with van der Waals surface area (Å²) in [7, 11) is 0. The molecule has 0 radical (unpaired) electrons. The maximum Gasteiger partial charge on any atom is 0.269 e. The maximum absolute atomic E-state index is 13.0. The second kappa shape index (κ2) is 7.55. The van der Waals surface area contributed by atoms with E-state index in [0.717, 1.165) is 5.69 Å². The standard InChI is InChI=1S/C22H17N3O4/c26-20(13-15-8-10-17(11-9-15)25(28)29)19-14-24(16-5-2-1-3-6-16)22-18(21(19)27)7-4-12-23-22/h1-12,27H,13-14H2. The number of anilines is 2. The average Bonchev–Trinajstić information content (AvgIpc) is 2.75. The van der Waals surface area contributed by atoms with Crippen LogP contribution in [0.4, 0.5) is 17.2 Å². The van der Waals surface area contributed by atoms with E-state index in [4.69, 9.17) is 0 Å². The molecule has 0 aliphatic carbocycles. The van der Waals surface area contributed by atoms with Crippen molar-refractivity contribution >= 4 is 28.7 Å². The van der Waals surface area contributed by atoms with Gasteiger partial charge in [0.15, 0.2) is 5.78 Å². The van der Waals surface area contributed by atoms with Crippen LogP contribution in [0.3, 0.4) is 0 Å². The fraction of sp³-hybridized carbons (Fsp3) is 0.0909. The predicted molar refractivity (Wildman–Crippen MR) is 109 cm³/mol. The normalized spacial score (nSPS) is 13.2. The number of aliphatic hydroxyl groups is 1.